The van der Waals surface area contributed by atoms with Gasteiger partial charge in [0.2, 0.25) is 10.9 Å². The molecule has 0 spiro atoms. The largest absolute Gasteiger partial charge is 0.287 e. The normalized spacial score (nSPS) is 12.2. The van der Waals surface area contributed by atoms with Gasteiger partial charge in [0, 0.05) is 6.07 Å². The van der Waals surface area contributed by atoms with Gasteiger partial charge in [-0.2, -0.15) is 15.3 Å². The van der Waals surface area contributed by atoms with Crippen LogP contribution in [0.15, 0.2) is 127 Å². The van der Waals surface area contributed by atoms with E-state index in [0.717, 1.165) is 0 Å². The lowest BCUT2D eigenvalue weighted by atomic mass is 10.2. The summed E-state index contributed by atoms with van der Waals surface area (Å²) < 4.78 is 0. The number of rotatable bonds is 6. The van der Waals surface area contributed by atoms with E-state index in [1.165, 1.54) is 6.07 Å². The molecule has 0 saturated heterocycles. The Morgan fingerprint density at radius 1 is 0.562 bits per heavy atom. The number of nitrogens with one attached hydrogen (secondary N) is 2. The summed E-state index contributed by atoms with van der Waals surface area (Å²) in [6, 6.07) is 28.3. The summed E-state index contributed by atoms with van der Waals surface area (Å²) >= 11 is 0. The van der Waals surface area contributed by atoms with Crippen LogP contribution in [0, 0.1) is 0 Å². The van der Waals surface area contributed by atoms with Gasteiger partial charge in [0.05, 0.1) is 17.1 Å². The van der Waals surface area contributed by atoms with Crippen LogP contribution in [0.4, 0.5) is 22.7 Å². The Labute approximate surface area is 182 Å². The summed E-state index contributed by atoms with van der Waals surface area (Å²) in [6.07, 6.45) is 0. The third-order valence-corrected chi connectivity index (χ3v) is 4.34. The highest BCUT2D eigenvalue weighted by molar-refractivity contribution is 5.44. The Hall–Kier alpha value is -4.72. The van der Waals surface area contributed by atoms with Crippen molar-refractivity contribution in [3.8, 4) is 0 Å². The number of anilines is 2. The average Bonchev–Trinajstić information content (AvgIpc) is 2.84. The minimum absolute atomic E-state index is 0.0472. The molecule has 0 unspecified atom stereocenters. The molecule has 32 heavy (non-hydrogen) atoms. The van der Waals surface area contributed by atoms with Gasteiger partial charge in [-0.3, -0.25) is 20.4 Å². The topological polar surface area (TPSA) is 108 Å². The first kappa shape index (κ1) is 20.5. The maximum absolute atomic E-state index is 13.1. The highest BCUT2D eigenvalue weighted by Gasteiger charge is 2.09. The van der Waals surface area contributed by atoms with Gasteiger partial charge < -0.3 is 0 Å². The summed E-state index contributed by atoms with van der Waals surface area (Å²) in [5, 5.41) is 16.1. The van der Waals surface area contributed by atoms with E-state index >= 15 is 0 Å². The number of hydrogen-bond donors (Lipinski definition) is 2. The Kier molecular flexibility index (Phi) is 6.33. The van der Waals surface area contributed by atoms with Crippen LogP contribution in [-0.4, -0.2) is 0 Å². The second-order valence-electron chi connectivity index (χ2n) is 6.63. The molecule has 0 aliphatic heterocycles. The van der Waals surface area contributed by atoms with Crippen molar-refractivity contribution in [3.63, 3.8) is 0 Å². The quantitative estimate of drug-likeness (QED) is 0.366. The number of benzene rings is 4. The molecule has 0 bridgehead atoms. The highest BCUT2D eigenvalue weighted by Crippen LogP contribution is 2.13. The van der Waals surface area contributed by atoms with Gasteiger partial charge in [-0.1, -0.05) is 54.6 Å². The standard InChI is InChI=1S/C24H18N6O2/c31-21-16-20(28-25-17-10-4-1-5-11-17)22(29-26-18-12-6-2-7-13-18)24(32)23(21)30-27-19-14-8-3-9-15-19/h1-16,26-27H/b28-25?,29-22-,30-23+. The molecule has 0 aliphatic carbocycles. The first-order chi connectivity index (χ1) is 15.7. The Bertz CT molecular complexity index is 1440. The number of azo groups is 1. The third-order valence-electron chi connectivity index (χ3n) is 4.34. The van der Waals surface area contributed by atoms with Crippen molar-refractivity contribution in [1.29, 1.82) is 0 Å². The molecule has 8 heteroatoms. The first-order valence-corrected chi connectivity index (χ1v) is 9.76. The Morgan fingerprint density at radius 3 is 1.62 bits per heavy atom. The molecule has 156 valence electrons. The van der Waals surface area contributed by atoms with Crippen LogP contribution in [-0.2, 0) is 0 Å². The molecule has 0 fully saturated rings. The van der Waals surface area contributed by atoms with Crippen LogP contribution in [0.2, 0.25) is 0 Å². The van der Waals surface area contributed by atoms with E-state index in [0.29, 0.717) is 17.1 Å². The molecule has 0 amide bonds. The van der Waals surface area contributed by atoms with Crippen molar-refractivity contribution in [2.75, 3.05) is 10.9 Å². The van der Waals surface area contributed by atoms with E-state index in [-0.39, 0.29) is 16.4 Å². The minimum Gasteiger partial charge on any atom is -0.287 e. The second kappa shape index (κ2) is 9.86. The lowest BCUT2D eigenvalue weighted by molar-refractivity contribution is 1.08. The minimum atomic E-state index is -0.661. The van der Waals surface area contributed by atoms with Crippen LogP contribution in [0.1, 0.15) is 0 Å². The molecule has 8 nitrogen and oxygen atoms in total. The SMILES string of the molecule is O=c1cc(N=Nc2ccccc2)/c(=N/Nc2ccccc2)c(=O)/c1=N/Nc1ccccc1. The van der Waals surface area contributed by atoms with Gasteiger partial charge in [0.25, 0.3) is 0 Å². The average molecular weight is 422 g/mol. The maximum Gasteiger partial charge on any atom is 0.239 e. The van der Waals surface area contributed by atoms with Gasteiger partial charge >= 0.3 is 0 Å². The van der Waals surface area contributed by atoms with E-state index in [1.807, 2.05) is 54.6 Å². The van der Waals surface area contributed by atoms with E-state index in [1.54, 1.807) is 36.4 Å². The molecule has 0 saturated carbocycles. The van der Waals surface area contributed by atoms with E-state index in [9.17, 15) is 9.59 Å². The van der Waals surface area contributed by atoms with Crippen LogP contribution in [0.3, 0.4) is 0 Å². The number of hydrogen-bond acceptors (Lipinski definition) is 8. The summed E-state index contributed by atoms with van der Waals surface area (Å²) in [7, 11) is 0. The molecular formula is C24H18N6O2. The Balaban J connectivity index is 1.81. The van der Waals surface area contributed by atoms with Gasteiger partial charge in [0.1, 0.15) is 5.69 Å². The van der Waals surface area contributed by atoms with Gasteiger partial charge in [0.15, 0.2) is 10.7 Å². The number of nitrogens with zero attached hydrogens (tertiary/aromatic N) is 4. The van der Waals surface area contributed by atoms with Gasteiger partial charge in [-0.15, -0.1) is 5.11 Å². The molecule has 0 heterocycles. The van der Waals surface area contributed by atoms with Crippen LogP contribution in [0.5, 0.6) is 0 Å². The fourth-order valence-electron chi connectivity index (χ4n) is 2.76. The Morgan fingerprint density at radius 2 is 1.06 bits per heavy atom. The molecule has 0 aromatic heterocycles. The van der Waals surface area contributed by atoms with Crippen molar-refractivity contribution in [1.82, 2.24) is 0 Å². The lowest BCUT2D eigenvalue weighted by Gasteiger charge is -2.00. The summed E-state index contributed by atoms with van der Waals surface area (Å²) in [5.74, 6) is 0. The molecule has 0 aliphatic rings. The monoisotopic (exact) mass is 422 g/mol. The number of para-hydroxylation sites is 2. The molecular weight excluding hydrogens is 404 g/mol. The zero-order valence-corrected chi connectivity index (χ0v) is 16.8. The van der Waals surface area contributed by atoms with Crippen LogP contribution >= 0.6 is 0 Å². The maximum atomic E-state index is 13.1. The fraction of sp³-hybridized carbons (Fsp3) is 0. The van der Waals surface area contributed by atoms with Gasteiger partial charge in [-0.25, -0.2) is 0 Å². The van der Waals surface area contributed by atoms with E-state index in [2.05, 4.69) is 31.3 Å². The van der Waals surface area contributed by atoms with Crippen molar-refractivity contribution in [2.45, 2.75) is 0 Å². The van der Waals surface area contributed by atoms with Crippen LogP contribution in [0.25, 0.3) is 0 Å². The molecule has 0 radical (unpaired) electrons. The van der Waals surface area contributed by atoms with Crippen molar-refractivity contribution in [2.24, 2.45) is 20.4 Å². The molecule has 4 rings (SSSR count). The fourth-order valence-corrected chi connectivity index (χ4v) is 2.76. The molecule has 4 aromatic carbocycles. The second-order valence-corrected chi connectivity index (χ2v) is 6.63. The van der Waals surface area contributed by atoms with Crippen molar-refractivity contribution in [3.05, 3.63) is 128 Å². The molecule has 0 atom stereocenters. The predicted molar refractivity (Wildman–Crippen MR) is 123 cm³/mol. The first-order valence-electron chi connectivity index (χ1n) is 9.76. The predicted octanol–water partition coefficient (Wildman–Crippen LogP) is 3.55. The highest BCUT2D eigenvalue weighted by atomic mass is 16.1. The molecule has 2 N–H and O–H groups in total. The lowest BCUT2D eigenvalue weighted by Crippen LogP contribution is -2.48. The third kappa shape index (κ3) is 5.06. The smallest absolute Gasteiger partial charge is 0.239 e. The van der Waals surface area contributed by atoms with Crippen molar-refractivity contribution >= 4 is 22.7 Å². The van der Waals surface area contributed by atoms with E-state index < -0.39 is 10.9 Å². The van der Waals surface area contributed by atoms with E-state index in [4.69, 9.17) is 0 Å². The zero-order valence-electron chi connectivity index (χ0n) is 16.8. The molecule has 4 aromatic rings. The summed E-state index contributed by atoms with van der Waals surface area (Å²) in [4.78, 5) is 25.7. The van der Waals surface area contributed by atoms with Crippen molar-refractivity contribution < 1.29 is 0 Å². The zero-order chi connectivity index (χ0) is 22.2. The van der Waals surface area contributed by atoms with Gasteiger partial charge in [-0.05, 0) is 36.4 Å². The summed E-state index contributed by atoms with van der Waals surface area (Å²) in [6.45, 7) is 0. The summed E-state index contributed by atoms with van der Waals surface area (Å²) in [5.41, 5.74) is 6.24. The van der Waals surface area contributed by atoms with Crippen LogP contribution < -0.4 is 32.4 Å².